The molecular weight excluding hydrogens is 330 g/mol. The molecule has 2 N–H and O–H groups in total. The lowest BCUT2D eigenvalue weighted by molar-refractivity contribution is 0.0578. The van der Waals surface area contributed by atoms with Crippen LogP contribution in [0.1, 0.15) is 62.0 Å². The first-order valence-electron chi connectivity index (χ1n) is 9.09. The van der Waals surface area contributed by atoms with Crippen LogP contribution in [0.2, 0.25) is 0 Å². The van der Waals surface area contributed by atoms with Gasteiger partial charge in [-0.05, 0) is 37.7 Å². The van der Waals surface area contributed by atoms with Crippen LogP contribution < -0.4 is 5.73 Å². The number of rotatable bonds is 4. The zero-order valence-corrected chi connectivity index (χ0v) is 16.1. The molecule has 0 saturated carbocycles. The molecule has 0 radical (unpaired) electrons. The summed E-state index contributed by atoms with van der Waals surface area (Å²) in [6, 6.07) is 8.57. The summed E-state index contributed by atoms with van der Waals surface area (Å²) in [5, 5.41) is 2.77. The van der Waals surface area contributed by atoms with Crippen LogP contribution in [0.25, 0.3) is 10.6 Å². The second kappa shape index (κ2) is 7.67. The molecule has 2 heterocycles. The van der Waals surface area contributed by atoms with E-state index in [1.54, 1.807) is 0 Å². The summed E-state index contributed by atoms with van der Waals surface area (Å²) < 4.78 is 0. The van der Waals surface area contributed by atoms with Gasteiger partial charge in [0.05, 0.1) is 0 Å². The Morgan fingerprint density at radius 3 is 2.60 bits per heavy atom. The van der Waals surface area contributed by atoms with Gasteiger partial charge in [0.2, 0.25) is 0 Å². The number of carbonyl (C=O) groups is 1. The molecule has 4 nitrogen and oxygen atoms in total. The molecule has 5 heteroatoms. The number of benzene rings is 1. The number of nitrogens with zero attached hydrogens (tertiary/aromatic N) is 2. The molecule has 1 aliphatic rings. The summed E-state index contributed by atoms with van der Waals surface area (Å²) in [5.74, 6) is 0.528. The zero-order valence-electron chi connectivity index (χ0n) is 15.2. The minimum Gasteiger partial charge on any atom is -0.333 e. The number of amides is 1. The van der Waals surface area contributed by atoms with Gasteiger partial charge in [0.1, 0.15) is 10.7 Å². The molecule has 1 amide bonds. The van der Waals surface area contributed by atoms with Crippen molar-refractivity contribution in [2.75, 3.05) is 6.54 Å². The van der Waals surface area contributed by atoms with Gasteiger partial charge in [-0.2, -0.15) is 0 Å². The Morgan fingerprint density at radius 1 is 1.24 bits per heavy atom. The Hall–Kier alpha value is -1.72. The van der Waals surface area contributed by atoms with Gasteiger partial charge in [-0.15, -0.1) is 11.3 Å². The van der Waals surface area contributed by atoms with Crippen molar-refractivity contribution in [1.29, 1.82) is 0 Å². The van der Waals surface area contributed by atoms with E-state index >= 15 is 0 Å². The molecule has 1 saturated heterocycles. The molecule has 0 spiro atoms. The monoisotopic (exact) mass is 357 g/mol. The minimum absolute atomic E-state index is 0.00839. The Morgan fingerprint density at radius 2 is 1.96 bits per heavy atom. The minimum atomic E-state index is -0.00839. The highest BCUT2D eigenvalue weighted by molar-refractivity contribution is 7.13. The van der Waals surface area contributed by atoms with Crippen LogP contribution in [0.5, 0.6) is 0 Å². The molecule has 3 rings (SSSR count). The van der Waals surface area contributed by atoms with Crippen LogP contribution in [-0.4, -0.2) is 34.4 Å². The van der Waals surface area contributed by atoms with E-state index in [2.05, 4.69) is 43.1 Å². The largest absolute Gasteiger partial charge is 0.333 e. The number of hydrogen-bond acceptors (Lipinski definition) is 4. The van der Waals surface area contributed by atoms with Crippen LogP contribution in [0.15, 0.2) is 29.6 Å². The number of aromatic nitrogens is 1. The Bertz CT molecular complexity index is 721. The van der Waals surface area contributed by atoms with E-state index in [1.165, 1.54) is 16.9 Å². The molecule has 2 atom stereocenters. The average Bonchev–Trinajstić information content (AvgIpc) is 3.11. The van der Waals surface area contributed by atoms with Crippen molar-refractivity contribution in [3.63, 3.8) is 0 Å². The summed E-state index contributed by atoms with van der Waals surface area (Å²) in [4.78, 5) is 19.5. The average molecular weight is 358 g/mol. The van der Waals surface area contributed by atoms with Gasteiger partial charge in [0.15, 0.2) is 0 Å². The molecule has 2 aromatic rings. The summed E-state index contributed by atoms with van der Waals surface area (Å²) in [5.41, 5.74) is 9.01. The molecular formula is C20H27N3OS. The lowest BCUT2D eigenvalue weighted by atomic mass is 9.96. The highest BCUT2D eigenvalue weighted by atomic mass is 32.1. The van der Waals surface area contributed by atoms with Gasteiger partial charge in [-0.1, -0.05) is 38.1 Å². The SMILES string of the molecule is CC(C)c1ccc(-c2nc(C(=O)N3CCCCC3C(C)N)cs2)cc1. The van der Waals surface area contributed by atoms with Gasteiger partial charge in [0.25, 0.3) is 5.91 Å². The number of nitrogens with two attached hydrogens (primary N) is 1. The van der Waals surface area contributed by atoms with Crippen molar-refractivity contribution in [1.82, 2.24) is 9.88 Å². The highest BCUT2D eigenvalue weighted by Gasteiger charge is 2.31. The molecule has 1 fully saturated rings. The molecule has 0 aliphatic carbocycles. The fourth-order valence-corrected chi connectivity index (χ4v) is 4.22. The van der Waals surface area contributed by atoms with Crippen LogP contribution in [0.4, 0.5) is 0 Å². The highest BCUT2D eigenvalue weighted by Crippen LogP contribution is 2.28. The third kappa shape index (κ3) is 3.93. The van der Waals surface area contributed by atoms with Gasteiger partial charge < -0.3 is 10.6 Å². The van der Waals surface area contributed by atoms with Crippen LogP contribution in [-0.2, 0) is 0 Å². The summed E-state index contributed by atoms with van der Waals surface area (Å²) in [6.07, 6.45) is 3.17. The quantitative estimate of drug-likeness (QED) is 0.889. The van der Waals surface area contributed by atoms with Crippen molar-refractivity contribution < 1.29 is 4.79 Å². The number of piperidine rings is 1. The number of likely N-dealkylation sites (tertiary alicyclic amines) is 1. The number of carbonyl (C=O) groups excluding carboxylic acids is 1. The van der Waals surface area contributed by atoms with Crippen molar-refractivity contribution >= 4 is 17.2 Å². The van der Waals surface area contributed by atoms with Crippen molar-refractivity contribution in [3.8, 4) is 10.6 Å². The molecule has 1 aromatic carbocycles. The number of thiazole rings is 1. The van der Waals surface area contributed by atoms with Crippen molar-refractivity contribution in [2.24, 2.45) is 5.73 Å². The zero-order chi connectivity index (χ0) is 18.0. The molecule has 1 aliphatic heterocycles. The maximum absolute atomic E-state index is 12.9. The molecule has 1 aromatic heterocycles. The Kier molecular flexibility index (Phi) is 5.54. The van der Waals surface area contributed by atoms with E-state index in [4.69, 9.17) is 5.73 Å². The summed E-state index contributed by atoms with van der Waals surface area (Å²) in [7, 11) is 0. The van der Waals surface area contributed by atoms with Crippen LogP contribution >= 0.6 is 11.3 Å². The molecule has 25 heavy (non-hydrogen) atoms. The molecule has 134 valence electrons. The van der Waals surface area contributed by atoms with E-state index < -0.39 is 0 Å². The van der Waals surface area contributed by atoms with E-state index in [1.807, 2.05) is 17.2 Å². The fourth-order valence-electron chi connectivity index (χ4n) is 3.42. The van der Waals surface area contributed by atoms with Crippen molar-refractivity contribution in [3.05, 3.63) is 40.9 Å². The third-order valence-electron chi connectivity index (χ3n) is 4.96. The van der Waals surface area contributed by atoms with Crippen LogP contribution in [0.3, 0.4) is 0 Å². The van der Waals surface area contributed by atoms with E-state index in [0.29, 0.717) is 11.6 Å². The van der Waals surface area contributed by atoms with E-state index in [9.17, 15) is 4.79 Å². The second-order valence-electron chi connectivity index (χ2n) is 7.24. The maximum atomic E-state index is 12.9. The fraction of sp³-hybridized carbons (Fsp3) is 0.500. The lowest BCUT2D eigenvalue weighted by Crippen LogP contribution is -2.51. The first-order valence-corrected chi connectivity index (χ1v) is 9.97. The Labute approximate surface area is 154 Å². The van der Waals surface area contributed by atoms with Gasteiger partial charge in [-0.3, -0.25) is 4.79 Å². The van der Waals surface area contributed by atoms with Gasteiger partial charge >= 0.3 is 0 Å². The van der Waals surface area contributed by atoms with Gasteiger partial charge in [0, 0.05) is 29.6 Å². The summed E-state index contributed by atoms with van der Waals surface area (Å²) in [6.45, 7) is 7.13. The van der Waals surface area contributed by atoms with Gasteiger partial charge in [-0.25, -0.2) is 4.98 Å². The van der Waals surface area contributed by atoms with Crippen LogP contribution in [0, 0.1) is 0 Å². The first-order chi connectivity index (χ1) is 12.0. The predicted octanol–water partition coefficient (Wildman–Crippen LogP) is 4.28. The second-order valence-corrected chi connectivity index (χ2v) is 8.09. The van der Waals surface area contributed by atoms with E-state index in [0.717, 1.165) is 36.4 Å². The number of hydrogen-bond donors (Lipinski definition) is 1. The summed E-state index contributed by atoms with van der Waals surface area (Å²) >= 11 is 1.53. The predicted molar refractivity (Wildman–Crippen MR) is 104 cm³/mol. The molecule has 0 bridgehead atoms. The topological polar surface area (TPSA) is 59.2 Å². The smallest absolute Gasteiger partial charge is 0.273 e. The Balaban J connectivity index is 1.79. The maximum Gasteiger partial charge on any atom is 0.273 e. The molecule has 2 unspecified atom stereocenters. The third-order valence-corrected chi connectivity index (χ3v) is 5.86. The lowest BCUT2D eigenvalue weighted by Gasteiger charge is -2.37. The van der Waals surface area contributed by atoms with E-state index in [-0.39, 0.29) is 18.0 Å². The first kappa shape index (κ1) is 18.1. The normalized spacial score (nSPS) is 19.2. The van der Waals surface area contributed by atoms with Crippen molar-refractivity contribution in [2.45, 2.75) is 58.0 Å². The standard InChI is InChI=1S/C20H27N3OS/c1-13(2)15-7-9-16(10-8-15)19-22-17(12-25-19)20(24)23-11-5-4-6-18(23)14(3)21/h7-10,12-14,18H,4-6,11,21H2,1-3H3.